The molecule has 1 atom stereocenters. The molecule has 0 radical (unpaired) electrons. The van der Waals surface area contributed by atoms with Crippen LogP contribution in [-0.4, -0.2) is 67.1 Å². The Hall–Kier alpha value is -1.59. The van der Waals surface area contributed by atoms with Gasteiger partial charge in [-0.2, -0.15) is 0 Å². The second kappa shape index (κ2) is 11.7. The van der Waals surface area contributed by atoms with E-state index in [2.05, 4.69) is 54.1 Å². The molecule has 1 N–H and O–H groups in total. The maximum atomic E-state index is 12.2. The first-order valence-electron chi connectivity index (χ1n) is 12.1. The van der Waals surface area contributed by atoms with Gasteiger partial charge in [0.1, 0.15) is 5.75 Å². The third-order valence-corrected chi connectivity index (χ3v) is 6.33. The second-order valence-electron chi connectivity index (χ2n) is 9.12. The molecular weight excluding hydrogens is 374 g/mol. The van der Waals surface area contributed by atoms with E-state index in [4.69, 9.17) is 4.74 Å². The van der Waals surface area contributed by atoms with Gasteiger partial charge in [-0.25, -0.2) is 0 Å². The quantitative estimate of drug-likeness (QED) is 0.593. The van der Waals surface area contributed by atoms with Crippen molar-refractivity contribution in [3.8, 4) is 5.75 Å². The van der Waals surface area contributed by atoms with Gasteiger partial charge in [0.2, 0.25) is 5.91 Å². The molecule has 1 aromatic rings. The molecule has 1 aliphatic heterocycles. The number of fused-ring (bicyclic) bond motifs is 1. The fraction of sp³-hybridized carbons (Fsp3) is 0.720. The van der Waals surface area contributed by atoms with Crippen molar-refractivity contribution < 1.29 is 9.53 Å². The van der Waals surface area contributed by atoms with Gasteiger partial charge in [0, 0.05) is 38.6 Å². The van der Waals surface area contributed by atoms with Crippen molar-refractivity contribution in [2.24, 2.45) is 0 Å². The van der Waals surface area contributed by atoms with Crippen molar-refractivity contribution in [2.45, 2.75) is 77.9 Å². The Bertz CT molecular complexity index is 676. The zero-order valence-electron chi connectivity index (χ0n) is 19.3. The summed E-state index contributed by atoms with van der Waals surface area (Å²) in [6, 6.07) is 7.31. The van der Waals surface area contributed by atoms with Gasteiger partial charge in [0.15, 0.2) is 0 Å². The van der Waals surface area contributed by atoms with Gasteiger partial charge < -0.3 is 19.9 Å². The summed E-state index contributed by atoms with van der Waals surface area (Å²) in [7, 11) is 0. The third-order valence-electron chi connectivity index (χ3n) is 6.33. The van der Waals surface area contributed by atoms with Crippen molar-refractivity contribution in [3.05, 3.63) is 29.3 Å². The smallest absolute Gasteiger partial charge is 0.223 e. The lowest BCUT2D eigenvalue weighted by Crippen LogP contribution is -2.41. The van der Waals surface area contributed by atoms with Crippen LogP contribution in [0.25, 0.3) is 0 Å². The number of nitrogens with one attached hydrogen (secondary N) is 1. The van der Waals surface area contributed by atoms with Crippen LogP contribution in [0.1, 0.15) is 64.0 Å². The van der Waals surface area contributed by atoms with Gasteiger partial charge in [-0.05, 0) is 88.7 Å². The summed E-state index contributed by atoms with van der Waals surface area (Å²) in [5.74, 6) is 1.32. The second-order valence-corrected chi connectivity index (χ2v) is 9.12. The number of rotatable bonds is 10. The maximum absolute atomic E-state index is 12.2. The number of ether oxygens (including phenoxy) is 1. The fourth-order valence-electron chi connectivity index (χ4n) is 4.80. The predicted molar refractivity (Wildman–Crippen MR) is 123 cm³/mol. The first-order valence-corrected chi connectivity index (χ1v) is 12.1. The van der Waals surface area contributed by atoms with Gasteiger partial charge in [0.25, 0.3) is 0 Å². The van der Waals surface area contributed by atoms with E-state index in [0.29, 0.717) is 18.4 Å². The van der Waals surface area contributed by atoms with E-state index in [1.807, 2.05) is 0 Å². The summed E-state index contributed by atoms with van der Waals surface area (Å²) < 4.78 is 5.88. The molecule has 1 heterocycles. The number of unbranched alkanes of at least 4 members (excludes halogenated alkanes) is 1. The van der Waals surface area contributed by atoms with Crippen molar-refractivity contribution in [3.63, 3.8) is 0 Å². The number of carbonyl (C=O) groups excluding carboxylic acids is 1. The molecule has 0 aromatic heterocycles. The molecule has 1 amide bonds. The highest BCUT2D eigenvalue weighted by Gasteiger charge is 2.24. The number of hydrogen-bond donors (Lipinski definition) is 1. The van der Waals surface area contributed by atoms with Gasteiger partial charge in [-0.15, -0.1) is 0 Å². The third kappa shape index (κ3) is 6.71. The topological polar surface area (TPSA) is 44.8 Å². The summed E-state index contributed by atoms with van der Waals surface area (Å²) in [6.45, 7) is 12.3. The number of carbonyl (C=O) groups is 1. The van der Waals surface area contributed by atoms with Crippen LogP contribution in [0.4, 0.5) is 0 Å². The molecule has 1 aliphatic carbocycles. The summed E-state index contributed by atoms with van der Waals surface area (Å²) >= 11 is 0. The average Bonchev–Trinajstić information content (AvgIpc) is 2.93. The Kier molecular flexibility index (Phi) is 9.01. The van der Waals surface area contributed by atoms with Crippen LogP contribution in [-0.2, 0) is 17.6 Å². The fourth-order valence-corrected chi connectivity index (χ4v) is 4.80. The van der Waals surface area contributed by atoms with Gasteiger partial charge in [0.05, 0.1) is 6.10 Å². The number of hydrogen-bond acceptors (Lipinski definition) is 4. The molecule has 2 aliphatic rings. The Labute approximate surface area is 183 Å². The molecule has 0 spiro atoms. The van der Waals surface area contributed by atoms with Crippen molar-refractivity contribution >= 4 is 5.91 Å². The molecule has 0 bridgehead atoms. The van der Waals surface area contributed by atoms with Gasteiger partial charge >= 0.3 is 0 Å². The van der Waals surface area contributed by atoms with Crippen LogP contribution in [0, 0.1) is 0 Å². The lowest BCUT2D eigenvalue weighted by atomic mass is 9.87. The summed E-state index contributed by atoms with van der Waals surface area (Å²) in [5.41, 5.74) is 2.96. The average molecular weight is 416 g/mol. The first kappa shape index (κ1) is 23.1. The van der Waals surface area contributed by atoms with Crippen LogP contribution in [0.2, 0.25) is 0 Å². The minimum atomic E-state index is 0.223. The highest BCUT2D eigenvalue weighted by Crippen LogP contribution is 2.28. The molecule has 0 saturated carbocycles. The molecule has 168 valence electrons. The van der Waals surface area contributed by atoms with E-state index in [1.54, 1.807) is 0 Å². The molecule has 1 fully saturated rings. The molecule has 3 rings (SSSR count). The van der Waals surface area contributed by atoms with Crippen LogP contribution >= 0.6 is 0 Å². The molecule has 1 unspecified atom stereocenters. The summed E-state index contributed by atoms with van der Waals surface area (Å²) in [4.78, 5) is 16.9. The largest absolute Gasteiger partial charge is 0.491 e. The number of nitrogens with zero attached hydrogens (tertiary/aromatic N) is 2. The molecule has 30 heavy (non-hydrogen) atoms. The number of amides is 1. The Morgan fingerprint density at radius 1 is 1.17 bits per heavy atom. The lowest BCUT2D eigenvalue weighted by molar-refractivity contribution is -0.130. The normalized spacial score (nSPS) is 19.8. The number of aryl methyl sites for hydroxylation is 1. The minimum absolute atomic E-state index is 0.223. The van der Waals surface area contributed by atoms with Crippen molar-refractivity contribution in [2.75, 3.05) is 39.3 Å². The first-order chi connectivity index (χ1) is 14.6. The van der Waals surface area contributed by atoms with Crippen molar-refractivity contribution in [1.29, 1.82) is 0 Å². The SMILES string of the molecule is CCCN(CCCCN1CCNCCC1=O)C1CCc2cc(OC(C)C)ccc2C1. The van der Waals surface area contributed by atoms with E-state index in [0.717, 1.165) is 57.7 Å². The van der Waals surface area contributed by atoms with Gasteiger partial charge in [-0.1, -0.05) is 13.0 Å². The molecule has 5 nitrogen and oxygen atoms in total. The van der Waals surface area contributed by atoms with Crippen molar-refractivity contribution in [1.82, 2.24) is 15.1 Å². The van der Waals surface area contributed by atoms with Gasteiger partial charge in [-0.3, -0.25) is 4.79 Å². The van der Waals surface area contributed by atoms with E-state index >= 15 is 0 Å². The maximum Gasteiger partial charge on any atom is 0.223 e. The lowest BCUT2D eigenvalue weighted by Gasteiger charge is -2.35. The zero-order chi connectivity index (χ0) is 21.3. The van der Waals surface area contributed by atoms with E-state index in [-0.39, 0.29) is 6.10 Å². The zero-order valence-corrected chi connectivity index (χ0v) is 19.3. The molecule has 1 aromatic carbocycles. The minimum Gasteiger partial charge on any atom is -0.491 e. The van der Waals surface area contributed by atoms with Crippen LogP contribution in [0.15, 0.2) is 18.2 Å². The predicted octanol–water partition coefficient (Wildman–Crippen LogP) is 3.65. The summed E-state index contributed by atoms with van der Waals surface area (Å²) in [6.07, 6.45) is 7.86. The molecule has 1 saturated heterocycles. The number of benzene rings is 1. The Morgan fingerprint density at radius 2 is 2.03 bits per heavy atom. The van der Waals surface area contributed by atoms with E-state index in [9.17, 15) is 4.79 Å². The Morgan fingerprint density at radius 3 is 2.83 bits per heavy atom. The highest BCUT2D eigenvalue weighted by molar-refractivity contribution is 5.76. The van der Waals surface area contributed by atoms with E-state index in [1.165, 1.54) is 36.9 Å². The monoisotopic (exact) mass is 415 g/mol. The standard InChI is InChI=1S/C25H41N3O2/c1-4-14-27(15-5-6-16-28-17-13-26-12-11-25(28)29)23-9-7-22-19-24(30-20(2)3)10-8-21(22)18-23/h8,10,19-20,23,26H,4-7,9,11-18H2,1-3H3. The van der Waals surface area contributed by atoms with Crippen LogP contribution < -0.4 is 10.1 Å². The Balaban J connectivity index is 1.49. The highest BCUT2D eigenvalue weighted by atomic mass is 16.5. The molecule has 5 heteroatoms. The van der Waals surface area contributed by atoms with Crippen LogP contribution in [0.3, 0.4) is 0 Å². The summed E-state index contributed by atoms with van der Waals surface area (Å²) in [5, 5.41) is 3.32. The van der Waals surface area contributed by atoms with Crippen LogP contribution in [0.5, 0.6) is 5.75 Å². The molecular formula is C25H41N3O2. The van der Waals surface area contributed by atoms with E-state index < -0.39 is 0 Å².